The molecule has 5 N–H and O–H groups in total. The molecule has 4 rings (SSSR count). The van der Waals surface area contributed by atoms with Gasteiger partial charge in [0, 0.05) is 30.4 Å². The molecule has 0 aliphatic carbocycles. The van der Waals surface area contributed by atoms with Gasteiger partial charge in [-0.3, -0.25) is 14.5 Å². The molecule has 2 amide bonds. The number of benzene rings is 1. The van der Waals surface area contributed by atoms with Crippen molar-refractivity contribution in [3.8, 4) is 0 Å². The molecule has 3 heterocycles. The molecule has 1 saturated heterocycles. The minimum Gasteiger partial charge on any atom is -0.384 e. The van der Waals surface area contributed by atoms with Crippen molar-refractivity contribution < 1.29 is 14.0 Å². The summed E-state index contributed by atoms with van der Waals surface area (Å²) in [5, 5.41) is 8.99. The Bertz CT molecular complexity index is 1140. The second-order valence-electron chi connectivity index (χ2n) is 7.17. The highest BCUT2D eigenvalue weighted by Gasteiger charge is 2.52. The normalized spacial score (nSPS) is 22.2. The summed E-state index contributed by atoms with van der Waals surface area (Å²) in [5.74, 6) is -0.287. The van der Waals surface area contributed by atoms with E-state index in [2.05, 4.69) is 25.9 Å². The Morgan fingerprint density at radius 1 is 1.39 bits per heavy atom. The van der Waals surface area contributed by atoms with Crippen molar-refractivity contribution in [2.24, 2.45) is 0 Å². The van der Waals surface area contributed by atoms with Gasteiger partial charge in [-0.25, -0.2) is 14.4 Å². The first-order chi connectivity index (χ1) is 14.8. The van der Waals surface area contributed by atoms with Crippen LogP contribution in [0.5, 0.6) is 0 Å². The van der Waals surface area contributed by atoms with Gasteiger partial charge in [-0.2, -0.15) is 0 Å². The van der Waals surface area contributed by atoms with Crippen LogP contribution in [0.4, 0.5) is 16.0 Å². The number of anilines is 2. The van der Waals surface area contributed by atoms with E-state index in [0.717, 1.165) is 5.56 Å². The number of rotatable bonds is 4. The molecule has 9 nitrogen and oxygen atoms in total. The van der Waals surface area contributed by atoms with Gasteiger partial charge in [-0.05, 0) is 30.7 Å². The lowest BCUT2D eigenvalue weighted by molar-refractivity contribution is -0.121. The Kier molecular flexibility index (Phi) is 5.34. The van der Waals surface area contributed by atoms with Crippen LogP contribution in [0, 0.1) is 5.82 Å². The Morgan fingerprint density at radius 2 is 2.19 bits per heavy atom. The van der Waals surface area contributed by atoms with Crippen molar-refractivity contribution in [1.29, 1.82) is 0 Å². The number of allylic oxidation sites excluding steroid dienone is 3. The fraction of sp³-hybridized carbons (Fsp3) is 0.200. The molecule has 160 valence electrons. The van der Waals surface area contributed by atoms with Gasteiger partial charge < -0.3 is 21.7 Å². The van der Waals surface area contributed by atoms with Crippen LogP contribution < -0.4 is 21.7 Å². The standard InChI is InChI=1S/C20H19ClFN7O2/c1-11(27-17-6-16(23)25-9-26-17)4-15(21)18-19(31)28-20(29(18)10-30)8-24-7-12-2-3-13(22)5-14(12)20/h2-6,9-10,24H,7-8H2,1H3,(H,28,31)(H3,23,25,26,27)/b11-4+,18-15+. The number of nitrogen functional groups attached to an aromatic ring is 1. The highest BCUT2D eigenvalue weighted by Crippen LogP contribution is 2.39. The predicted molar refractivity (Wildman–Crippen MR) is 113 cm³/mol. The van der Waals surface area contributed by atoms with Crippen LogP contribution in [0.15, 0.2) is 53.1 Å². The fourth-order valence-corrected chi connectivity index (χ4v) is 4.14. The first-order valence-electron chi connectivity index (χ1n) is 9.33. The SMILES string of the molecule is C/C(=C\C(Cl)=C1\C(=O)NC2(CNCc3ccc(F)cc32)N1C=O)Nc1cc(N)ncn1. The first-order valence-corrected chi connectivity index (χ1v) is 9.71. The third kappa shape index (κ3) is 3.71. The summed E-state index contributed by atoms with van der Waals surface area (Å²) >= 11 is 6.46. The maximum absolute atomic E-state index is 14.0. The average Bonchev–Trinajstić information content (AvgIpc) is 3.00. The molecule has 1 unspecified atom stereocenters. The number of fused-ring (bicyclic) bond motifs is 2. The van der Waals surface area contributed by atoms with Crippen molar-refractivity contribution in [1.82, 2.24) is 25.5 Å². The molecule has 0 bridgehead atoms. The number of hydrogen-bond acceptors (Lipinski definition) is 7. The van der Waals surface area contributed by atoms with Crippen molar-refractivity contribution in [2.45, 2.75) is 19.1 Å². The van der Waals surface area contributed by atoms with Gasteiger partial charge in [0.15, 0.2) is 5.66 Å². The maximum Gasteiger partial charge on any atom is 0.271 e. The molecule has 0 radical (unpaired) electrons. The van der Waals surface area contributed by atoms with E-state index < -0.39 is 17.4 Å². The van der Waals surface area contributed by atoms with Gasteiger partial charge in [0.05, 0.1) is 5.03 Å². The predicted octanol–water partition coefficient (Wildman–Crippen LogP) is 1.51. The van der Waals surface area contributed by atoms with Gasteiger partial charge in [-0.1, -0.05) is 17.7 Å². The van der Waals surface area contributed by atoms with E-state index in [1.165, 1.54) is 35.5 Å². The second kappa shape index (κ2) is 7.97. The minimum atomic E-state index is -1.28. The molecular weight excluding hydrogens is 425 g/mol. The van der Waals surface area contributed by atoms with Crippen LogP contribution in [0.3, 0.4) is 0 Å². The van der Waals surface area contributed by atoms with E-state index in [1.54, 1.807) is 13.0 Å². The Balaban J connectivity index is 1.73. The van der Waals surface area contributed by atoms with Crippen LogP contribution >= 0.6 is 11.6 Å². The van der Waals surface area contributed by atoms with Crippen LogP contribution in [0.1, 0.15) is 18.1 Å². The Hall–Kier alpha value is -3.50. The van der Waals surface area contributed by atoms with Crippen molar-refractivity contribution in [3.05, 3.63) is 70.0 Å². The molecule has 11 heteroatoms. The number of nitrogens with one attached hydrogen (secondary N) is 3. The largest absolute Gasteiger partial charge is 0.384 e. The minimum absolute atomic E-state index is 0.0250. The van der Waals surface area contributed by atoms with E-state index in [0.29, 0.717) is 30.0 Å². The van der Waals surface area contributed by atoms with Crippen LogP contribution in [0.2, 0.25) is 0 Å². The maximum atomic E-state index is 14.0. The lowest BCUT2D eigenvalue weighted by Crippen LogP contribution is -2.57. The molecule has 2 aliphatic rings. The molecule has 31 heavy (non-hydrogen) atoms. The van der Waals surface area contributed by atoms with Crippen molar-refractivity contribution in [2.75, 3.05) is 17.6 Å². The van der Waals surface area contributed by atoms with Gasteiger partial charge in [-0.15, -0.1) is 0 Å². The summed E-state index contributed by atoms with van der Waals surface area (Å²) in [6.07, 6.45) is 3.31. The number of carbonyl (C=O) groups excluding carboxylic acids is 2. The molecule has 0 saturated carbocycles. The molecule has 1 aromatic carbocycles. The zero-order valence-corrected chi connectivity index (χ0v) is 17.2. The van der Waals surface area contributed by atoms with Crippen molar-refractivity contribution in [3.63, 3.8) is 0 Å². The number of carbonyl (C=O) groups is 2. The lowest BCUT2D eigenvalue weighted by atomic mass is 9.90. The third-order valence-corrected chi connectivity index (χ3v) is 5.38. The van der Waals surface area contributed by atoms with Crippen LogP contribution in [-0.4, -0.2) is 33.7 Å². The molecule has 1 atom stereocenters. The van der Waals surface area contributed by atoms with Gasteiger partial charge >= 0.3 is 0 Å². The number of amides is 2. The van der Waals surface area contributed by atoms with Crippen LogP contribution in [0.25, 0.3) is 0 Å². The molecule has 1 spiro atoms. The fourth-order valence-electron chi connectivity index (χ4n) is 3.80. The summed E-state index contributed by atoms with van der Waals surface area (Å²) in [6.45, 7) is 2.39. The zero-order valence-electron chi connectivity index (χ0n) is 16.4. The van der Waals surface area contributed by atoms with Crippen molar-refractivity contribution >= 4 is 35.6 Å². The molecule has 2 aliphatic heterocycles. The zero-order chi connectivity index (χ0) is 22.2. The third-order valence-electron chi connectivity index (χ3n) is 5.09. The van der Waals surface area contributed by atoms with E-state index in [-0.39, 0.29) is 23.1 Å². The number of aromatic nitrogens is 2. The highest BCUT2D eigenvalue weighted by molar-refractivity contribution is 6.33. The smallest absolute Gasteiger partial charge is 0.271 e. The van der Waals surface area contributed by atoms with E-state index >= 15 is 0 Å². The van der Waals surface area contributed by atoms with Gasteiger partial charge in [0.25, 0.3) is 5.91 Å². The summed E-state index contributed by atoms with van der Waals surface area (Å²) in [5.41, 5.74) is 6.14. The number of nitrogens with two attached hydrogens (primary N) is 1. The summed E-state index contributed by atoms with van der Waals surface area (Å²) in [6, 6.07) is 5.82. The van der Waals surface area contributed by atoms with E-state index in [9.17, 15) is 14.0 Å². The molecule has 1 aromatic heterocycles. The summed E-state index contributed by atoms with van der Waals surface area (Å²) in [4.78, 5) is 34.0. The topological polar surface area (TPSA) is 125 Å². The highest BCUT2D eigenvalue weighted by atomic mass is 35.5. The number of nitrogens with zero attached hydrogens (tertiary/aromatic N) is 3. The molecular formula is C20H19ClFN7O2. The quantitative estimate of drug-likeness (QED) is 0.417. The molecule has 1 fully saturated rings. The van der Waals surface area contributed by atoms with E-state index in [1.807, 2.05) is 0 Å². The van der Waals surface area contributed by atoms with Gasteiger partial charge in [0.1, 0.15) is 29.5 Å². The Morgan fingerprint density at radius 3 is 2.94 bits per heavy atom. The first kappa shape index (κ1) is 20.8. The molecule has 2 aromatic rings. The summed E-state index contributed by atoms with van der Waals surface area (Å²) < 4.78 is 14.0. The lowest BCUT2D eigenvalue weighted by Gasteiger charge is -2.40. The van der Waals surface area contributed by atoms with E-state index in [4.69, 9.17) is 17.3 Å². The average molecular weight is 444 g/mol. The van der Waals surface area contributed by atoms with Crippen LogP contribution in [-0.2, 0) is 21.8 Å². The monoisotopic (exact) mass is 443 g/mol. The summed E-state index contributed by atoms with van der Waals surface area (Å²) in [7, 11) is 0. The van der Waals surface area contributed by atoms with Gasteiger partial charge in [0.2, 0.25) is 6.41 Å². The number of hydrogen-bond donors (Lipinski definition) is 4. The second-order valence-corrected chi connectivity index (χ2v) is 7.58. The Labute approximate surface area is 182 Å². The number of halogens is 2.